The van der Waals surface area contributed by atoms with E-state index in [1.54, 1.807) is 0 Å². The Morgan fingerprint density at radius 3 is 1.80 bits per heavy atom. The minimum Gasteiger partial charge on any atom is -0.327 e. The molecular formula is C8H18N2. The van der Waals surface area contributed by atoms with Crippen molar-refractivity contribution in [2.24, 2.45) is 16.9 Å². The molecule has 60 valence electrons. The normalized spacial score (nSPS) is 39.6. The molecule has 2 nitrogen and oxygen atoms in total. The molecule has 0 aromatic carbocycles. The highest BCUT2D eigenvalue weighted by molar-refractivity contribution is 4.93. The Balaban J connectivity index is 2.63. The maximum absolute atomic E-state index is 5.92. The summed E-state index contributed by atoms with van der Waals surface area (Å²) in [7, 11) is 0. The average molecular weight is 142 g/mol. The van der Waals surface area contributed by atoms with Gasteiger partial charge in [-0.15, -0.1) is 0 Å². The Morgan fingerprint density at radius 1 is 1.10 bits per heavy atom. The van der Waals surface area contributed by atoms with Gasteiger partial charge in [0.15, 0.2) is 0 Å². The zero-order chi connectivity index (χ0) is 7.78. The van der Waals surface area contributed by atoms with E-state index >= 15 is 0 Å². The van der Waals surface area contributed by atoms with Crippen LogP contribution in [0, 0.1) is 5.41 Å². The van der Waals surface area contributed by atoms with Gasteiger partial charge in [0.2, 0.25) is 0 Å². The van der Waals surface area contributed by atoms with Gasteiger partial charge in [-0.1, -0.05) is 20.3 Å². The third-order valence-electron chi connectivity index (χ3n) is 2.94. The Kier molecular flexibility index (Phi) is 2.02. The van der Waals surface area contributed by atoms with Gasteiger partial charge >= 0.3 is 0 Å². The lowest BCUT2D eigenvalue weighted by Gasteiger charge is -2.41. The zero-order valence-electron chi connectivity index (χ0n) is 6.93. The van der Waals surface area contributed by atoms with E-state index in [0.29, 0.717) is 12.1 Å². The quantitative estimate of drug-likeness (QED) is 0.527. The molecule has 0 heterocycles. The molecule has 0 aromatic heterocycles. The van der Waals surface area contributed by atoms with E-state index in [-0.39, 0.29) is 5.41 Å². The van der Waals surface area contributed by atoms with Gasteiger partial charge < -0.3 is 11.5 Å². The fraction of sp³-hybridized carbons (Fsp3) is 1.00. The first-order valence-electron chi connectivity index (χ1n) is 4.06. The van der Waals surface area contributed by atoms with Crippen molar-refractivity contribution in [3.05, 3.63) is 0 Å². The summed E-state index contributed by atoms with van der Waals surface area (Å²) in [6.07, 6.45) is 3.48. The summed E-state index contributed by atoms with van der Waals surface area (Å²) < 4.78 is 0. The smallest absolute Gasteiger partial charge is 0.0105 e. The van der Waals surface area contributed by atoms with E-state index in [1.165, 1.54) is 6.42 Å². The van der Waals surface area contributed by atoms with E-state index in [2.05, 4.69) is 13.8 Å². The lowest BCUT2D eigenvalue weighted by Crippen LogP contribution is -2.52. The summed E-state index contributed by atoms with van der Waals surface area (Å²) >= 11 is 0. The van der Waals surface area contributed by atoms with Crippen molar-refractivity contribution in [2.45, 2.75) is 45.2 Å². The van der Waals surface area contributed by atoms with E-state index in [9.17, 15) is 0 Å². The molecule has 2 heteroatoms. The molecule has 1 aliphatic carbocycles. The molecule has 10 heavy (non-hydrogen) atoms. The maximum Gasteiger partial charge on any atom is 0.0105 e. The number of hydrogen-bond donors (Lipinski definition) is 2. The second-order valence-corrected chi connectivity index (χ2v) is 3.97. The number of rotatable bonds is 0. The molecule has 0 radical (unpaired) electrons. The van der Waals surface area contributed by atoms with Crippen LogP contribution in [-0.2, 0) is 0 Å². The van der Waals surface area contributed by atoms with Gasteiger partial charge in [-0.05, 0) is 18.3 Å². The van der Waals surface area contributed by atoms with Crippen LogP contribution < -0.4 is 11.5 Å². The van der Waals surface area contributed by atoms with Gasteiger partial charge in [0.05, 0.1) is 0 Å². The second-order valence-electron chi connectivity index (χ2n) is 3.97. The van der Waals surface area contributed by atoms with Gasteiger partial charge in [0.25, 0.3) is 0 Å². The van der Waals surface area contributed by atoms with Crippen molar-refractivity contribution in [1.82, 2.24) is 0 Å². The fourth-order valence-electron chi connectivity index (χ4n) is 1.58. The van der Waals surface area contributed by atoms with Crippen LogP contribution in [0.1, 0.15) is 33.1 Å². The lowest BCUT2D eigenvalue weighted by molar-refractivity contribution is 0.166. The maximum atomic E-state index is 5.92. The Hall–Kier alpha value is -0.0800. The van der Waals surface area contributed by atoms with E-state index < -0.39 is 0 Å². The summed E-state index contributed by atoms with van der Waals surface area (Å²) in [4.78, 5) is 0. The third kappa shape index (κ3) is 1.18. The van der Waals surface area contributed by atoms with E-state index in [1.807, 2.05) is 0 Å². The van der Waals surface area contributed by atoms with Crippen molar-refractivity contribution in [3.63, 3.8) is 0 Å². The van der Waals surface area contributed by atoms with Crippen LogP contribution in [0.15, 0.2) is 0 Å². The van der Waals surface area contributed by atoms with Crippen LogP contribution in [0.3, 0.4) is 0 Å². The van der Waals surface area contributed by atoms with Crippen LogP contribution in [0.5, 0.6) is 0 Å². The average Bonchev–Trinajstić information content (AvgIpc) is 1.84. The molecule has 0 unspecified atom stereocenters. The molecule has 1 rings (SSSR count). The van der Waals surface area contributed by atoms with Gasteiger partial charge in [-0.25, -0.2) is 0 Å². The van der Waals surface area contributed by atoms with Crippen LogP contribution in [0.4, 0.5) is 0 Å². The minimum atomic E-state index is 0.151. The van der Waals surface area contributed by atoms with Crippen molar-refractivity contribution in [2.75, 3.05) is 0 Å². The highest BCUT2D eigenvalue weighted by Gasteiger charge is 2.35. The standard InChI is InChI=1S/C8H18N2/c1-8(2)6(9)4-3-5-7(8)10/h6-7H,3-5,9-10H2,1-2H3/t6-,7-/m1/s1. The van der Waals surface area contributed by atoms with Crippen molar-refractivity contribution >= 4 is 0 Å². The molecule has 0 saturated heterocycles. The Morgan fingerprint density at radius 2 is 1.50 bits per heavy atom. The summed E-state index contributed by atoms with van der Waals surface area (Å²) in [6, 6.07) is 0.604. The molecule has 0 bridgehead atoms. The summed E-state index contributed by atoms with van der Waals surface area (Å²) in [5.74, 6) is 0. The van der Waals surface area contributed by atoms with E-state index in [4.69, 9.17) is 11.5 Å². The van der Waals surface area contributed by atoms with E-state index in [0.717, 1.165) is 12.8 Å². The summed E-state index contributed by atoms with van der Waals surface area (Å²) in [6.45, 7) is 4.34. The predicted octanol–water partition coefficient (Wildman–Crippen LogP) is 0.851. The first-order chi connectivity index (χ1) is 4.55. The molecule has 0 spiro atoms. The monoisotopic (exact) mass is 142 g/mol. The fourth-order valence-corrected chi connectivity index (χ4v) is 1.58. The minimum absolute atomic E-state index is 0.151. The molecule has 0 amide bonds. The van der Waals surface area contributed by atoms with Crippen molar-refractivity contribution < 1.29 is 0 Å². The first kappa shape index (κ1) is 8.02. The largest absolute Gasteiger partial charge is 0.327 e. The summed E-state index contributed by atoms with van der Waals surface area (Å²) in [5, 5.41) is 0. The molecule has 1 fully saturated rings. The molecule has 0 aliphatic heterocycles. The van der Waals surface area contributed by atoms with Crippen LogP contribution >= 0.6 is 0 Å². The van der Waals surface area contributed by atoms with Gasteiger partial charge in [-0.2, -0.15) is 0 Å². The van der Waals surface area contributed by atoms with Crippen LogP contribution in [-0.4, -0.2) is 12.1 Å². The van der Waals surface area contributed by atoms with Crippen molar-refractivity contribution in [1.29, 1.82) is 0 Å². The van der Waals surface area contributed by atoms with Crippen molar-refractivity contribution in [3.8, 4) is 0 Å². The van der Waals surface area contributed by atoms with Gasteiger partial charge in [0, 0.05) is 12.1 Å². The third-order valence-corrected chi connectivity index (χ3v) is 2.94. The van der Waals surface area contributed by atoms with Gasteiger partial charge in [0.1, 0.15) is 0 Å². The number of nitrogens with two attached hydrogens (primary N) is 2. The van der Waals surface area contributed by atoms with Gasteiger partial charge in [-0.3, -0.25) is 0 Å². The highest BCUT2D eigenvalue weighted by atomic mass is 14.8. The van der Waals surface area contributed by atoms with Crippen LogP contribution in [0.2, 0.25) is 0 Å². The second kappa shape index (κ2) is 2.51. The zero-order valence-corrected chi connectivity index (χ0v) is 6.93. The first-order valence-corrected chi connectivity index (χ1v) is 4.06. The number of hydrogen-bond acceptors (Lipinski definition) is 2. The highest BCUT2D eigenvalue weighted by Crippen LogP contribution is 2.32. The summed E-state index contributed by atoms with van der Waals surface area (Å²) in [5.41, 5.74) is 12.0. The van der Waals surface area contributed by atoms with Crippen LogP contribution in [0.25, 0.3) is 0 Å². The molecule has 1 saturated carbocycles. The molecule has 4 N–H and O–H groups in total. The molecule has 0 aromatic rings. The Labute approximate surface area is 63.0 Å². The molecule has 1 aliphatic rings. The topological polar surface area (TPSA) is 52.0 Å². The predicted molar refractivity (Wildman–Crippen MR) is 43.6 cm³/mol. The lowest BCUT2D eigenvalue weighted by atomic mass is 9.70. The Bertz CT molecular complexity index is 108. The molecule has 2 atom stereocenters. The molecular weight excluding hydrogens is 124 g/mol. The SMILES string of the molecule is CC1(C)[C@H](N)CCC[C@H]1N.